The second-order valence-electron chi connectivity index (χ2n) is 10.7. The van der Waals surface area contributed by atoms with Crippen molar-refractivity contribution in [3.63, 3.8) is 0 Å². The number of ether oxygens (including phenoxy) is 1. The van der Waals surface area contributed by atoms with Crippen molar-refractivity contribution in [1.29, 1.82) is 0 Å². The van der Waals surface area contributed by atoms with E-state index in [0.717, 1.165) is 48.8 Å². The first-order valence-corrected chi connectivity index (χ1v) is 16.2. The Balaban J connectivity index is 1.55. The lowest BCUT2D eigenvalue weighted by atomic mass is 10.0. The first-order chi connectivity index (χ1) is 20.3. The van der Waals surface area contributed by atoms with E-state index in [1.54, 1.807) is 36.3 Å². The lowest BCUT2D eigenvalue weighted by molar-refractivity contribution is -0.141. The van der Waals surface area contributed by atoms with Gasteiger partial charge < -0.3 is 15.0 Å². The van der Waals surface area contributed by atoms with Gasteiger partial charge in [-0.1, -0.05) is 74.4 Å². The van der Waals surface area contributed by atoms with Crippen LogP contribution in [0.25, 0.3) is 0 Å². The van der Waals surface area contributed by atoms with Crippen molar-refractivity contribution in [2.45, 2.75) is 75.4 Å². The highest BCUT2D eigenvalue weighted by molar-refractivity contribution is 7.89. The third-order valence-corrected chi connectivity index (χ3v) is 8.88. The van der Waals surface area contributed by atoms with Gasteiger partial charge in [0, 0.05) is 25.6 Å². The molecule has 1 atom stereocenters. The van der Waals surface area contributed by atoms with Crippen molar-refractivity contribution in [1.82, 2.24) is 14.9 Å². The van der Waals surface area contributed by atoms with Gasteiger partial charge in [0.1, 0.15) is 11.8 Å². The van der Waals surface area contributed by atoms with Gasteiger partial charge in [0.15, 0.2) is 0 Å². The topological polar surface area (TPSA) is 105 Å². The molecule has 1 aliphatic carbocycles. The quantitative estimate of drug-likeness (QED) is 0.224. The summed E-state index contributed by atoms with van der Waals surface area (Å²) in [5.74, 6) is 0.329. The number of sulfonamides is 1. The molecule has 1 aliphatic rings. The molecule has 4 rings (SSSR count). The second kappa shape index (κ2) is 15.0. The highest BCUT2D eigenvalue weighted by atomic mass is 32.2. The maximum absolute atomic E-state index is 13.9. The molecule has 0 bridgehead atoms. The Morgan fingerprint density at radius 1 is 0.929 bits per heavy atom. The smallest absolute Gasteiger partial charge is 0.247 e. The predicted octanol–water partition coefficient (Wildman–Crippen LogP) is 5.15. The Morgan fingerprint density at radius 2 is 1.60 bits per heavy atom. The molecule has 0 saturated heterocycles. The zero-order chi connectivity index (χ0) is 30.0. The molecule has 2 amide bonds. The predicted molar refractivity (Wildman–Crippen MR) is 163 cm³/mol. The van der Waals surface area contributed by atoms with Gasteiger partial charge in [-0.3, -0.25) is 9.59 Å². The molecule has 1 unspecified atom stereocenters. The van der Waals surface area contributed by atoms with Crippen LogP contribution in [0.15, 0.2) is 83.8 Å². The van der Waals surface area contributed by atoms with Crippen molar-refractivity contribution >= 4 is 21.8 Å². The van der Waals surface area contributed by atoms with Crippen LogP contribution in [0.4, 0.5) is 0 Å². The summed E-state index contributed by atoms with van der Waals surface area (Å²) in [4.78, 5) is 29.4. The van der Waals surface area contributed by atoms with Crippen molar-refractivity contribution in [2.24, 2.45) is 0 Å². The average molecular weight is 592 g/mol. The summed E-state index contributed by atoms with van der Waals surface area (Å²) in [6.45, 7) is 2.90. The standard InChI is InChI=1S/C33H41N3O5S/c1-3-4-8-23-34-33(38)32(27-9-6-5-7-10-27)36(24-26-11-18-29(41-2)19-12-26)31(37)22-15-25-13-20-30(21-14-25)42(39,40)35-28-16-17-28/h5-7,9-14,18-21,28,32,35H,3-4,8,15-17,22-24H2,1-2H3,(H,34,38). The van der Waals surface area contributed by atoms with Gasteiger partial charge in [0.2, 0.25) is 21.8 Å². The molecule has 3 aromatic carbocycles. The minimum Gasteiger partial charge on any atom is -0.497 e. The molecule has 9 heteroatoms. The van der Waals surface area contributed by atoms with Gasteiger partial charge in [0.05, 0.1) is 12.0 Å². The van der Waals surface area contributed by atoms with Gasteiger partial charge in [0.25, 0.3) is 0 Å². The molecule has 3 aromatic rings. The average Bonchev–Trinajstić information content (AvgIpc) is 3.82. The Labute approximate surface area is 249 Å². The molecular weight excluding hydrogens is 550 g/mol. The molecule has 0 heterocycles. The number of methoxy groups -OCH3 is 1. The number of carbonyl (C=O) groups excluding carboxylic acids is 2. The number of aryl methyl sites for hydroxylation is 1. The normalized spacial score (nSPS) is 13.8. The number of nitrogens with zero attached hydrogens (tertiary/aromatic N) is 1. The van der Waals surface area contributed by atoms with E-state index in [9.17, 15) is 18.0 Å². The second-order valence-corrected chi connectivity index (χ2v) is 12.4. The zero-order valence-electron chi connectivity index (χ0n) is 24.4. The number of unbranched alkanes of at least 4 members (excludes halogenated alkanes) is 2. The molecule has 0 aromatic heterocycles. The van der Waals surface area contributed by atoms with Crippen molar-refractivity contribution in [2.75, 3.05) is 13.7 Å². The van der Waals surface area contributed by atoms with Crippen LogP contribution < -0.4 is 14.8 Å². The van der Waals surface area contributed by atoms with Crippen LogP contribution in [0.2, 0.25) is 0 Å². The van der Waals surface area contributed by atoms with Gasteiger partial charge in [-0.25, -0.2) is 13.1 Å². The maximum atomic E-state index is 13.9. The molecule has 2 N–H and O–H groups in total. The summed E-state index contributed by atoms with van der Waals surface area (Å²) in [5.41, 5.74) is 2.46. The molecular formula is C33H41N3O5S. The largest absolute Gasteiger partial charge is 0.497 e. The number of nitrogens with one attached hydrogen (secondary N) is 2. The maximum Gasteiger partial charge on any atom is 0.247 e. The molecule has 8 nitrogen and oxygen atoms in total. The highest BCUT2D eigenvalue weighted by Gasteiger charge is 2.31. The fraction of sp³-hybridized carbons (Fsp3) is 0.394. The number of rotatable bonds is 16. The number of amides is 2. The first-order valence-electron chi connectivity index (χ1n) is 14.7. The van der Waals surface area contributed by atoms with E-state index in [1.807, 2.05) is 54.6 Å². The minimum atomic E-state index is -3.54. The first kappa shape index (κ1) is 31.3. The molecule has 42 heavy (non-hydrogen) atoms. The lowest BCUT2D eigenvalue weighted by Gasteiger charge is -2.32. The lowest BCUT2D eigenvalue weighted by Crippen LogP contribution is -2.43. The van der Waals surface area contributed by atoms with E-state index in [4.69, 9.17) is 4.74 Å². The summed E-state index contributed by atoms with van der Waals surface area (Å²) in [7, 11) is -1.94. The van der Waals surface area contributed by atoms with Crippen LogP contribution in [-0.4, -0.2) is 44.8 Å². The number of hydrogen-bond donors (Lipinski definition) is 2. The Bertz CT molecular complexity index is 1410. The fourth-order valence-corrected chi connectivity index (χ4v) is 6.07. The van der Waals surface area contributed by atoms with E-state index in [0.29, 0.717) is 18.7 Å². The monoisotopic (exact) mass is 591 g/mol. The fourth-order valence-electron chi connectivity index (χ4n) is 4.76. The third kappa shape index (κ3) is 8.90. The number of benzene rings is 3. The van der Waals surface area contributed by atoms with Crippen molar-refractivity contribution in [3.8, 4) is 5.75 Å². The minimum absolute atomic E-state index is 0.0328. The Morgan fingerprint density at radius 3 is 2.21 bits per heavy atom. The van der Waals surface area contributed by atoms with Crippen molar-refractivity contribution < 1.29 is 22.7 Å². The number of hydrogen-bond acceptors (Lipinski definition) is 5. The summed E-state index contributed by atoms with van der Waals surface area (Å²) in [6.07, 6.45) is 5.24. The van der Waals surface area contributed by atoms with Crippen LogP contribution in [0.3, 0.4) is 0 Å². The van der Waals surface area contributed by atoms with E-state index >= 15 is 0 Å². The van der Waals surface area contributed by atoms with Gasteiger partial charge in [-0.2, -0.15) is 0 Å². The Hall–Kier alpha value is -3.69. The summed E-state index contributed by atoms with van der Waals surface area (Å²) in [6, 6.07) is 22.7. The molecule has 0 spiro atoms. The van der Waals surface area contributed by atoms with E-state index in [-0.39, 0.29) is 35.7 Å². The van der Waals surface area contributed by atoms with Gasteiger partial charge >= 0.3 is 0 Å². The summed E-state index contributed by atoms with van der Waals surface area (Å²) in [5, 5.41) is 3.05. The zero-order valence-corrected chi connectivity index (χ0v) is 25.2. The molecule has 224 valence electrons. The van der Waals surface area contributed by atoms with Gasteiger partial charge in [-0.15, -0.1) is 0 Å². The molecule has 1 fully saturated rings. The summed E-state index contributed by atoms with van der Waals surface area (Å²) >= 11 is 0. The van der Waals surface area contributed by atoms with E-state index in [1.165, 1.54) is 0 Å². The van der Waals surface area contributed by atoms with E-state index < -0.39 is 16.1 Å². The van der Waals surface area contributed by atoms with Gasteiger partial charge in [-0.05, 0) is 66.6 Å². The SMILES string of the molecule is CCCCCNC(=O)C(c1ccccc1)N(Cc1ccc(OC)cc1)C(=O)CCc1ccc(S(=O)(=O)NC2CC2)cc1. The van der Waals surface area contributed by atoms with Crippen LogP contribution in [0, 0.1) is 0 Å². The van der Waals surface area contributed by atoms with Crippen LogP contribution in [0.1, 0.15) is 68.2 Å². The highest BCUT2D eigenvalue weighted by Crippen LogP contribution is 2.26. The third-order valence-electron chi connectivity index (χ3n) is 7.35. The van der Waals surface area contributed by atoms with Crippen LogP contribution >= 0.6 is 0 Å². The summed E-state index contributed by atoms with van der Waals surface area (Å²) < 4.78 is 33.0. The van der Waals surface area contributed by atoms with Crippen LogP contribution in [0.5, 0.6) is 5.75 Å². The van der Waals surface area contributed by atoms with E-state index in [2.05, 4.69) is 17.0 Å². The molecule has 1 saturated carbocycles. The molecule has 0 aliphatic heterocycles. The van der Waals surface area contributed by atoms with Crippen LogP contribution in [-0.2, 0) is 32.6 Å². The van der Waals surface area contributed by atoms with Crippen molar-refractivity contribution in [3.05, 3.63) is 95.6 Å². The Kier molecular flexibility index (Phi) is 11.1. The molecule has 0 radical (unpaired) electrons. The number of carbonyl (C=O) groups is 2.